The summed E-state index contributed by atoms with van der Waals surface area (Å²) in [6, 6.07) is 3.91. The highest BCUT2D eigenvalue weighted by atomic mass is 16.5. The normalized spacial score (nSPS) is 22.4. The number of aromatic nitrogens is 2. The molecule has 2 aromatic rings. The number of nitrogens with zero attached hydrogens (tertiary/aromatic N) is 2. The summed E-state index contributed by atoms with van der Waals surface area (Å²) >= 11 is 0. The first-order valence-electron chi connectivity index (χ1n) is 8.14. The van der Waals surface area contributed by atoms with Crippen molar-refractivity contribution in [3.05, 3.63) is 35.8 Å². The van der Waals surface area contributed by atoms with E-state index in [2.05, 4.69) is 4.98 Å². The fraction of sp³-hybridized carbons (Fsp3) is 0.412. The predicted molar refractivity (Wildman–Crippen MR) is 89.3 cm³/mol. The van der Waals surface area contributed by atoms with Crippen molar-refractivity contribution in [2.24, 2.45) is 0 Å². The largest absolute Gasteiger partial charge is 0.493 e. The molecule has 1 aromatic carbocycles. The van der Waals surface area contributed by atoms with Crippen LogP contribution in [0.2, 0.25) is 6.32 Å². The van der Waals surface area contributed by atoms with Crippen LogP contribution in [-0.2, 0) is 11.1 Å². The number of hydrogen-bond donors (Lipinski definition) is 1. The smallest absolute Gasteiger partial charge is 0.454 e. The standard InChI is InChI=1S/C17H19BN2O4/c1-10-5-13-12(3-4-16(22-2)17(13)24-10)15-8-19-7-14(20-15)11-6-18(21)23-9-11/h3-4,7-8,10-11,21H,5-6,9H2,1-2H3. The highest BCUT2D eigenvalue weighted by molar-refractivity contribution is 6.43. The molecule has 0 bridgehead atoms. The van der Waals surface area contributed by atoms with Gasteiger partial charge in [-0.1, -0.05) is 0 Å². The van der Waals surface area contributed by atoms with Crippen LogP contribution < -0.4 is 9.47 Å². The molecule has 7 heteroatoms. The van der Waals surface area contributed by atoms with Gasteiger partial charge in [-0.15, -0.1) is 0 Å². The van der Waals surface area contributed by atoms with Gasteiger partial charge >= 0.3 is 7.12 Å². The Morgan fingerprint density at radius 2 is 2.21 bits per heavy atom. The zero-order valence-electron chi connectivity index (χ0n) is 13.7. The molecule has 1 fully saturated rings. The van der Waals surface area contributed by atoms with E-state index in [0.717, 1.165) is 40.4 Å². The fourth-order valence-electron chi connectivity index (χ4n) is 3.39. The number of rotatable bonds is 3. The van der Waals surface area contributed by atoms with Crippen LogP contribution in [0.25, 0.3) is 11.3 Å². The van der Waals surface area contributed by atoms with Crippen molar-refractivity contribution < 1.29 is 19.2 Å². The molecular formula is C17H19BN2O4. The minimum atomic E-state index is -0.708. The highest BCUT2D eigenvalue weighted by Crippen LogP contribution is 2.43. The van der Waals surface area contributed by atoms with E-state index in [1.54, 1.807) is 19.5 Å². The molecule has 124 valence electrons. The average molecular weight is 326 g/mol. The second kappa shape index (κ2) is 6.07. The molecular weight excluding hydrogens is 307 g/mol. The third-order valence-corrected chi connectivity index (χ3v) is 4.58. The summed E-state index contributed by atoms with van der Waals surface area (Å²) in [6.45, 7) is 2.52. The van der Waals surface area contributed by atoms with Gasteiger partial charge in [0.2, 0.25) is 0 Å². The van der Waals surface area contributed by atoms with Crippen molar-refractivity contribution in [2.45, 2.75) is 31.7 Å². The van der Waals surface area contributed by atoms with Crippen molar-refractivity contribution in [1.29, 1.82) is 0 Å². The molecule has 2 aliphatic heterocycles. The zero-order chi connectivity index (χ0) is 16.7. The van der Waals surface area contributed by atoms with Gasteiger partial charge < -0.3 is 19.2 Å². The molecule has 3 heterocycles. The molecule has 1 saturated heterocycles. The summed E-state index contributed by atoms with van der Waals surface area (Å²) < 4.78 is 16.6. The molecule has 1 aromatic heterocycles. The van der Waals surface area contributed by atoms with Gasteiger partial charge in [-0.05, 0) is 25.4 Å². The summed E-state index contributed by atoms with van der Waals surface area (Å²) in [6.07, 6.45) is 5.00. The average Bonchev–Trinajstić information content (AvgIpc) is 3.19. The Balaban J connectivity index is 1.74. The van der Waals surface area contributed by atoms with Crippen molar-refractivity contribution >= 4 is 7.12 Å². The van der Waals surface area contributed by atoms with Gasteiger partial charge in [0, 0.05) is 36.3 Å². The van der Waals surface area contributed by atoms with Crippen LogP contribution in [0.15, 0.2) is 24.5 Å². The first kappa shape index (κ1) is 15.4. The van der Waals surface area contributed by atoms with Gasteiger partial charge in [-0.2, -0.15) is 0 Å². The third kappa shape index (κ3) is 2.63. The topological polar surface area (TPSA) is 73.7 Å². The Morgan fingerprint density at radius 3 is 2.96 bits per heavy atom. The second-order valence-corrected chi connectivity index (χ2v) is 6.31. The second-order valence-electron chi connectivity index (χ2n) is 6.31. The minimum absolute atomic E-state index is 0.0777. The summed E-state index contributed by atoms with van der Waals surface area (Å²) in [5.41, 5.74) is 3.78. The van der Waals surface area contributed by atoms with Crippen molar-refractivity contribution in [1.82, 2.24) is 9.97 Å². The molecule has 1 N–H and O–H groups in total. The third-order valence-electron chi connectivity index (χ3n) is 4.58. The molecule has 6 nitrogen and oxygen atoms in total. The van der Waals surface area contributed by atoms with Gasteiger partial charge in [0.1, 0.15) is 6.10 Å². The maximum absolute atomic E-state index is 9.56. The summed E-state index contributed by atoms with van der Waals surface area (Å²) in [4.78, 5) is 9.11. The van der Waals surface area contributed by atoms with E-state index < -0.39 is 7.12 Å². The van der Waals surface area contributed by atoms with Crippen LogP contribution in [0, 0.1) is 0 Å². The van der Waals surface area contributed by atoms with Gasteiger partial charge in [-0.25, -0.2) is 4.98 Å². The Kier molecular flexibility index (Phi) is 3.90. The van der Waals surface area contributed by atoms with Crippen LogP contribution in [0.1, 0.15) is 24.1 Å². The molecule has 2 aliphatic rings. The first-order chi connectivity index (χ1) is 11.7. The lowest BCUT2D eigenvalue weighted by molar-refractivity contribution is 0.243. The van der Waals surface area contributed by atoms with E-state index in [4.69, 9.17) is 19.1 Å². The van der Waals surface area contributed by atoms with Crippen LogP contribution in [0.4, 0.5) is 0 Å². The number of benzene rings is 1. The molecule has 2 unspecified atom stereocenters. The van der Waals surface area contributed by atoms with Crippen molar-refractivity contribution in [3.8, 4) is 22.8 Å². The molecule has 0 radical (unpaired) electrons. The number of fused-ring (bicyclic) bond motifs is 1. The van der Waals surface area contributed by atoms with Gasteiger partial charge in [0.15, 0.2) is 11.5 Å². The lowest BCUT2D eigenvalue weighted by atomic mass is 9.81. The molecule has 0 aliphatic carbocycles. The number of methoxy groups -OCH3 is 1. The van der Waals surface area contributed by atoms with Crippen LogP contribution in [-0.4, -0.2) is 41.9 Å². The maximum Gasteiger partial charge on any atom is 0.454 e. The Morgan fingerprint density at radius 1 is 1.33 bits per heavy atom. The monoisotopic (exact) mass is 326 g/mol. The lowest BCUT2D eigenvalue weighted by Crippen LogP contribution is -2.08. The zero-order valence-corrected chi connectivity index (χ0v) is 13.7. The molecule has 24 heavy (non-hydrogen) atoms. The van der Waals surface area contributed by atoms with Gasteiger partial charge in [0.05, 0.1) is 24.7 Å². The summed E-state index contributed by atoms with van der Waals surface area (Å²) in [7, 11) is 0.938. The quantitative estimate of drug-likeness (QED) is 0.871. The van der Waals surface area contributed by atoms with E-state index >= 15 is 0 Å². The Labute approximate surface area is 140 Å². The molecule has 0 saturated carbocycles. The molecule has 0 spiro atoms. The van der Waals surface area contributed by atoms with E-state index in [9.17, 15) is 5.02 Å². The van der Waals surface area contributed by atoms with Crippen molar-refractivity contribution in [2.75, 3.05) is 13.7 Å². The van der Waals surface area contributed by atoms with Crippen molar-refractivity contribution in [3.63, 3.8) is 0 Å². The highest BCUT2D eigenvalue weighted by Gasteiger charge is 2.31. The molecule has 0 amide bonds. The lowest BCUT2D eigenvalue weighted by Gasteiger charge is -2.12. The van der Waals surface area contributed by atoms with E-state index in [0.29, 0.717) is 12.9 Å². The van der Waals surface area contributed by atoms with E-state index in [1.807, 2.05) is 19.1 Å². The molecule has 2 atom stereocenters. The van der Waals surface area contributed by atoms with Crippen LogP contribution in [0.3, 0.4) is 0 Å². The summed E-state index contributed by atoms with van der Waals surface area (Å²) in [5.74, 6) is 1.62. The first-order valence-corrected chi connectivity index (χ1v) is 8.14. The fourth-order valence-corrected chi connectivity index (χ4v) is 3.39. The van der Waals surface area contributed by atoms with E-state index in [1.165, 1.54) is 0 Å². The van der Waals surface area contributed by atoms with Gasteiger partial charge in [0.25, 0.3) is 0 Å². The Hall–Kier alpha value is -2.12. The number of ether oxygens (including phenoxy) is 2. The minimum Gasteiger partial charge on any atom is -0.493 e. The summed E-state index contributed by atoms with van der Waals surface area (Å²) in [5, 5.41) is 9.56. The SMILES string of the molecule is COc1ccc(-c2cncc(C3COB(O)C3)n2)c2c1OC(C)C2. The van der Waals surface area contributed by atoms with Crippen LogP contribution >= 0.6 is 0 Å². The number of hydrogen-bond acceptors (Lipinski definition) is 6. The van der Waals surface area contributed by atoms with Crippen LogP contribution in [0.5, 0.6) is 11.5 Å². The van der Waals surface area contributed by atoms with E-state index in [-0.39, 0.29) is 12.0 Å². The Bertz CT molecular complexity index is 770. The maximum atomic E-state index is 9.56. The molecule has 4 rings (SSSR count). The van der Waals surface area contributed by atoms with Gasteiger partial charge in [-0.3, -0.25) is 4.98 Å². The predicted octanol–water partition coefficient (Wildman–Crippen LogP) is 2.07.